The molecule has 6 nitrogen and oxygen atoms in total. The molecule has 1 saturated heterocycles. The molecule has 7 heteroatoms. The molecule has 0 spiro atoms. The van der Waals surface area contributed by atoms with Crippen molar-refractivity contribution in [2.75, 3.05) is 31.7 Å². The first-order chi connectivity index (χ1) is 12.7. The van der Waals surface area contributed by atoms with Crippen molar-refractivity contribution in [2.45, 2.75) is 32.4 Å². The third-order valence-corrected chi connectivity index (χ3v) is 5.73. The number of aryl methyl sites for hydroxylation is 1. The molecule has 1 aliphatic rings. The molecule has 3 aromatic rings. The first-order valence-corrected chi connectivity index (χ1v) is 9.85. The molecule has 3 heterocycles. The number of nitrogens with zero attached hydrogens (tertiary/aromatic N) is 4. The summed E-state index contributed by atoms with van der Waals surface area (Å²) in [6.45, 7) is 5.48. The van der Waals surface area contributed by atoms with Gasteiger partial charge in [-0.15, -0.1) is 10.2 Å². The third-order valence-electron chi connectivity index (χ3n) is 4.83. The summed E-state index contributed by atoms with van der Waals surface area (Å²) in [5.41, 5.74) is 1.20. The van der Waals surface area contributed by atoms with Crippen molar-refractivity contribution >= 4 is 27.4 Å². The van der Waals surface area contributed by atoms with Crippen LogP contribution in [0, 0.1) is 6.92 Å². The summed E-state index contributed by atoms with van der Waals surface area (Å²) >= 11 is 1.66. The van der Waals surface area contributed by atoms with Crippen molar-refractivity contribution in [2.24, 2.45) is 0 Å². The molecule has 0 bridgehead atoms. The van der Waals surface area contributed by atoms with E-state index < -0.39 is 0 Å². The zero-order chi connectivity index (χ0) is 17.9. The van der Waals surface area contributed by atoms with E-state index >= 15 is 0 Å². The Labute approximate surface area is 157 Å². The van der Waals surface area contributed by atoms with E-state index in [0.717, 1.165) is 48.4 Å². The number of hydrogen-bond donors (Lipinski definition) is 0. The fraction of sp³-hybridized carbons (Fsp3) is 0.474. The van der Waals surface area contributed by atoms with Gasteiger partial charge in [0.15, 0.2) is 0 Å². The second-order valence-electron chi connectivity index (χ2n) is 6.60. The zero-order valence-electron chi connectivity index (χ0n) is 15.2. The van der Waals surface area contributed by atoms with Crippen LogP contribution in [0.15, 0.2) is 30.5 Å². The van der Waals surface area contributed by atoms with Crippen LogP contribution < -0.4 is 9.64 Å². The molecule has 26 heavy (non-hydrogen) atoms. The Hall–Kier alpha value is -2.12. The molecule has 0 unspecified atom stereocenters. The minimum absolute atomic E-state index is 0.244. The Morgan fingerprint density at radius 2 is 2.04 bits per heavy atom. The third kappa shape index (κ3) is 3.54. The molecule has 1 fully saturated rings. The van der Waals surface area contributed by atoms with Crippen LogP contribution in [-0.4, -0.2) is 47.7 Å². The van der Waals surface area contributed by atoms with E-state index in [-0.39, 0.29) is 6.10 Å². The number of rotatable bonds is 6. The van der Waals surface area contributed by atoms with Crippen molar-refractivity contribution in [3.63, 3.8) is 0 Å². The summed E-state index contributed by atoms with van der Waals surface area (Å²) in [5, 5.41) is 11.6. The Balaban J connectivity index is 1.42. The highest BCUT2D eigenvalue weighted by Gasteiger charge is 2.23. The van der Waals surface area contributed by atoms with Crippen LogP contribution in [0.2, 0.25) is 0 Å². The van der Waals surface area contributed by atoms with Gasteiger partial charge in [-0.1, -0.05) is 17.4 Å². The number of methoxy groups -OCH3 is 1. The molecule has 2 aromatic heterocycles. The standard InChI is InChI=1S/C19H24N4O2S/c1-14-20-21-19(26-14)23-9-6-15(7-10-23)25-18-5-3-4-17-16(18)8-11-22(17)12-13-24-2/h3-5,8,11,15H,6-7,9-10,12-13H2,1-2H3. The molecule has 0 N–H and O–H groups in total. The lowest BCUT2D eigenvalue weighted by Gasteiger charge is -2.31. The monoisotopic (exact) mass is 372 g/mol. The number of ether oxygens (including phenoxy) is 2. The lowest BCUT2D eigenvalue weighted by Crippen LogP contribution is -2.38. The maximum Gasteiger partial charge on any atom is 0.208 e. The van der Waals surface area contributed by atoms with E-state index in [4.69, 9.17) is 9.47 Å². The Morgan fingerprint density at radius 1 is 1.19 bits per heavy atom. The van der Waals surface area contributed by atoms with Gasteiger partial charge in [0, 0.05) is 51.2 Å². The average Bonchev–Trinajstić information content (AvgIpc) is 3.28. The second-order valence-corrected chi connectivity index (χ2v) is 7.76. The van der Waals surface area contributed by atoms with Crippen LogP contribution >= 0.6 is 11.3 Å². The van der Waals surface area contributed by atoms with Gasteiger partial charge in [0.1, 0.15) is 16.9 Å². The van der Waals surface area contributed by atoms with Gasteiger partial charge in [-0.2, -0.15) is 0 Å². The van der Waals surface area contributed by atoms with Crippen molar-refractivity contribution < 1.29 is 9.47 Å². The Kier molecular flexibility index (Phi) is 5.08. The molecule has 0 aliphatic carbocycles. The van der Waals surface area contributed by atoms with E-state index in [1.165, 1.54) is 10.9 Å². The van der Waals surface area contributed by atoms with Crippen molar-refractivity contribution in [1.29, 1.82) is 0 Å². The van der Waals surface area contributed by atoms with Gasteiger partial charge in [0.2, 0.25) is 5.13 Å². The summed E-state index contributed by atoms with van der Waals surface area (Å²) in [6.07, 6.45) is 4.35. The maximum absolute atomic E-state index is 6.37. The summed E-state index contributed by atoms with van der Waals surface area (Å²) in [6, 6.07) is 8.42. The molecule has 0 amide bonds. The minimum atomic E-state index is 0.244. The predicted octanol–water partition coefficient (Wildman–Crippen LogP) is 3.50. The van der Waals surface area contributed by atoms with E-state index in [2.05, 4.69) is 50.1 Å². The lowest BCUT2D eigenvalue weighted by atomic mass is 10.1. The van der Waals surface area contributed by atoms with Crippen molar-refractivity contribution in [3.05, 3.63) is 35.5 Å². The van der Waals surface area contributed by atoms with Crippen LogP contribution in [0.25, 0.3) is 10.9 Å². The van der Waals surface area contributed by atoms with E-state index in [1.54, 1.807) is 18.4 Å². The molecule has 1 aliphatic heterocycles. The molecular weight excluding hydrogens is 348 g/mol. The van der Waals surface area contributed by atoms with Crippen molar-refractivity contribution in [3.8, 4) is 5.75 Å². The van der Waals surface area contributed by atoms with Crippen LogP contribution in [0.5, 0.6) is 5.75 Å². The summed E-state index contributed by atoms with van der Waals surface area (Å²) in [7, 11) is 1.73. The van der Waals surface area contributed by atoms with Crippen LogP contribution in [-0.2, 0) is 11.3 Å². The van der Waals surface area contributed by atoms with Crippen molar-refractivity contribution in [1.82, 2.24) is 14.8 Å². The number of hydrogen-bond acceptors (Lipinski definition) is 6. The molecule has 4 rings (SSSR count). The topological polar surface area (TPSA) is 52.4 Å². The summed E-state index contributed by atoms with van der Waals surface area (Å²) in [4.78, 5) is 2.31. The molecule has 0 radical (unpaired) electrons. The number of anilines is 1. The number of benzene rings is 1. The van der Waals surface area contributed by atoms with Gasteiger partial charge in [0.05, 0.1) is 12.1 Å². The highest BCUT2D eigenvalue weighted by Crippen LogP contribution is 2.30. The minimum Gasteiger partial charge on any atom is -0.490 e. The highest BCUT2D eigenvalue weighted by atomic mass is 32.1. The molecule has 138 valence electrons. The molecule has 0 saturated carbocycles. The van der Waals surface area contributed by atoms with Gasteiger partial charge in [0.25, 0.3) is 0 Å². The Morgan fingerprint density at radius 3 is 2.77 bits per heavy atom. The fourth-order valence-electron chi connectivity index (χ4n) is 3.44. The SMILES string of the molecule is COCCn1ccc2c(OC3CCN(c4nnc(C)s4)CC3)cccc21. The van der Waals surface area contributed by atoms with E-state index in [0.29, 0.717) is 6.61 Å². The quantitative estimate of drug-likeness (QED) is 0.663. The molecule has 0 atom stereocenters. The van der Waals surface area contributed by atoms with Gasteiger partial charge in [-0.25, -0.2) is 0 Å². The average molecular weight is 372 g/mol. The maximum atomic E-state index is 6.37. The van der Waals surface area contributed by atoms with Gasteiger partial charge in [-0.05, 0) is 25.1 Å². The first-order valence-electron chi connectivity index (χ1n) is 9.03. The Bertz CT molecular complexity index is 867. The van der Waals surface area contributed by atoms with Crippen LogP contribution in [0.1, 0.15) is 17.8 Å². The first kappa shape index (κ1) is 17.3. The van der Waals surface area contributed by atoms with Crippen LogP contribution in [0.3, 0.4) is 0 Å². The smallest absolute Gasteiger partial charge is 0.208 e. The predicted molar refractivity (Wildman–Crippen MR) is 104 cm³/mol. The number of piperidine rings is 1. The summed E-state index contributed by atoms with van der Waals surface area (Å²) in [5.74, 6) is 0.976. The highest BCUT2D eigenvalue weighted by molar-refractivity contribution is 7.15. The van der Waals surface area contributed by atoms with Gasteiger partial charge < -0.3 is 18.9 Å². The van der Waals surface area contributed by atoms with E-state index in [1.807, 2.05) is 6.92 Å². The zero-order valence-corrected chi connectivity index (χ0v) is 16.0. The van der Waals surface area contributed by atoms with Gasteiger partial charge in [-0.3, -0.25) is 0 Å². The van der Waals surface area contributed by atoms with Crippen LogP contribution in [0.4, 0.5) is 5.13 Å². The number of aromatic nitrogens is 3. The largest absolute Gasteiger partial charge is 0.490 e. The lowest BCUT2D eigenvalue weighted by molar-refractivity contribution is 0.173. The molecule has 1 aromatic carbocycles. The molecular formula is C19H24N4O2S. The summed E-state index contributed by atoms with van der Waals surface area (Å²) < 4.78 is 13.8. The normalized spacial score (nSPS) is 15.7. The second kappa shape index (κ2) is 7.63. The number of fused-ring (bicyclic) bond motifs is 1. The van der Waals surface area contributed by atoms with E-state index in [9.17, 15) is 0 Å². The van der Waals surface area contributed by atoms with Gasteiger partial charge >= 0.3 is 0 Å². The fourth-order valence-corrected chi connectivity index (χ4v) is 4.18.